The Kier molecular flexibility index (Phi) is 4.54. The fourth-order valence-electron chi connectivity index (χ4n) is 3.09. The molecule has 2 N–H and O–H groups in total. The topological polar surface area (TPSA) is 74.9 Å². The molecule has 0 spiro atoms. The summed E-state index contributed by atoms with van der Waals surface area (Å²) in [5.74, 6) is 0.550. The first-order valence-corrected chi connectivity index (χ1v) is 8.50. The number of nitrogen functional groups attached to an aromatic ring is 1. The van der Waals surface area contributed by atoms with Crippen LogP contribution in [0.2, 0.25) is 0 Å². The largest absolute Gasteiger partial charge is 0.444 e. The number of ether oxygens (including phenoxy) is 1. The summed E-state index contributed by atoms with van der Waals surface area (Å²) in [5.41, 5.74) is 6.33. The van der Waals surface area contributed by atoms with Crippen molar-refractivity contribution in [3.05, 3.63) is 18.3 Å². The number of hydrogen-bond acceptors (Lipinski definition) is 6. The molecule has 3 rings (SSSR count). The molecule has 0 bridgehead atoms. The van der Waals surface area contributed by atoms with Gasteiger partial charge in [-0.25, -0.2) is 9.78 Å². The number of hydrogen-bond donors (Lipinski definition) is 1. The van der Waals surface area contributed by atoms with Gasteiger partial charge in [-0.05, 0) is 32.9 Å². The third-order valence-corrected chi connectivity index (χ3v) is 4.48. The van der Waals surface area contributed by atoms with Gasteiger partial charge in [0, 0.05) is 45.3 Å². The van der Waals surface area contributed by atoms with E-state index < -0.39 is 5.60 Å². The van der Waals surface area contributed by atoms with E-state index in [1.807, 2.05) is 39.1 Å². The van der Waals surface area contributed by atoms with Crippen molar-refractivity contribution in [3.63, 3.8) is 0 Å². The van der Waals surface area contributed by atoms with Gasteiger partial charge in [-0.1, -0.05) is 0 Å². The van der Waals surface area contributed by atoms with Crippen LogP contribution in [0.25, 0.3) is 0 Å². The number of anilines is 2. The summed E-state index contributed by atoms with van der Waals surface area (Å²) in [6.07, 6.45) is 1.63. The normalized spacial score (nSPS) is 20.0. The van der Waals surface area contributed by atoms with Crippen LogP contribution in [0.15, 0.2) is 18.3 Å². The average molecular weight is 333 g/mol. The van der Waals surface area contributed by atoms with E-state index in [1.165, 1.54) is 0 Å². The van der Waals surface area contributed by atoms with E-state index in [4.69, 9.17) is 10.5 Å². The molecule has 0 aliphatic carbocycles. The number of amides is 1. The van der Waals surface area contributed by atoms with Crippen LogP contribution in [-0.2, 0) is 4.74 Å². The van der Waals surface area contributed by atoms with Gasteiger partial charge >= 0.3 is 6.09 Å². The number of pyridine rings is 1. The lowest BCUT2D eigenvalue weighted by Crippen LogP contribution is -2.64. The molecule has 3 heterocycles. The monoisotopic (exact) mass is 333 g/mol. The number of carbonyl (C=O) groups is 1. The van der Waals surface area contributed by atoms with E-state index >= 15 is 0 Å². The summed E-state index contributed by atoms with van der Waals surface area (Å²) < 4.78 is 5.40. The maximum Gasteiger partial charge on any atom is 0.410 e. The summed E-state index contributed by atoms with van der Waals surface area (Å²) in [7, 11) is 0. The minimum absolute atomic E-state index is 0.203. The minimum Gasteiger partial charge on any atom is -0.444 e. The van der Waals surface area contributed by atoms with Crippen molar-refractivity contribution in [2.24, 2.45) is 0 Å². The standard InChI is InChI=1S/C17H27N5O2/c1-17(2,3)24-16(23)22-11-14(12-22)21-8-6-20(7-9-21)13-4-5-15(18)19-10-13/h4-5,10,14H,6-9,11-12H2,1-3H3,(H2,18,19). The lowest BCUT2D eigenvalue weighted by molar-refractivity contribution is -0.0162. The molecule has 0 aromatic carbocycles. The van der Waals surface area contributed by atoms with E-state index in [0.717, 1.165) is 45.0 Å². The van der Waals surface area contributed by atoms with E-state index in [0.29, 0.717) is 11.9 Å². The van der Waals surface area contributed by atoms with Gasteiger partial charge in [-0.2, -0.15) is 0 Å². The quantitative estimate of drug-likeness (QED) is 0.882. The van der Waals surface area contributed by atoms with Gasteiger partial charge < -0.3 is 20.3 Å². The summed E-state index contributed by atoms with van der Waals surface area (Å²) in [5, 5.41) is 0. The highest BCUT2D eigenvalue weighted by atomic mass is 16.6. The van der Waals surface area contributed by atoms with Crippen LogP contribution in [0.3, 0.4) is 0 Å². The Morgan fingerprint density at radius 2 is 1.88 bits per heavy atom. The number of nitrogens with zero attached hydrogens (tertiary/aromatic N) is 4. The van der Waals surface area contributed by atoms with Gasteiger partial charge in [0.15, 0.2) is 0 Å². The zero-order valence-electron chi connectivity index (χ0n) is 14.7. The molecule has 0 radical (unpaired) electrons. The Morgan fingerprint density at radius 3 is 2.42 bits per heavy atom. The molecule has 0 unspecified atom stereocenters. The first-order valence-electron chi connectivity index (χ1n) is 8.50. The maximum atomic E-state index is 12.0. The smallest absolute Gasteiger partial charge is 0.410 e. The van der Waals surface area contributed by atoms with Crippen LogP contribution in [0, 0.1) is 0 Å². The molecular weight excluding hydrogens is 306 g/mol. The van der Waals surface area contributed by atoms with Crippen molar-refractivity contribution < 1.29 is 9.53 Å². The lowest BCUT2D eigenvalue weighted by Gasteiger charge is -2.48. The Labute approximate surface area is 143 Å². The van der Waals surface area contributed by atoms with Crippen LogP contribution in [0.5, 0.6) is 0 Å². The van der Waals surface area contributed by atoms with E-state index in [-0.39, 0.29) is 6.09 Å². The number of nitrogens with two attached hydrogens (primary N) is 1. The summed E-state index contributed by atoms with van der Waals surface area (Å²) in [6, 6.07) is 4.31. The molecule has 132 valence electrons. The van der Waals surface area contributed by atoms with Gasteiger partial charge in [-0.15, -0.1) is 0 Å². The fraction of sp³-hybridized carbons (Fsp3) is 0.647. The number of aromatic nitrogens is 1. The van der Waals surface area contributed by atoms with Crippen molar-refractivity contribution >= 4 is 17.6 Å². The molecule has 2 saturated heterocycles. The molecule has 7 heteroatoms. The first kappa shape index (κ1) is 16.8. The van der Waals surface area contributed by atoms with Gasteiger partial charge in [0.1, 0.15) is 11.4 Å². The molecule has 0 atom stereocenters. The Bertz CT molecular complexity index is 570. The number of piperazine rings is 1. The van der Waals surface area contributed by atoms with Crippen LogP contribution in [0.4, 0.5) is 16.3 Å². The first-order chi connectivity index (χ1) is 11.3. The highest BCUT2D eigenvalue weighted by Gasteiger charge is 2.37. The lowest BCUT2D eigenvalue weighted by atomic mass is 10.1. The van der Waals surface area contributed by atoms with Crippen molar-refractivity contribution in [1.82, 2.24) is 14.8 Å². The summed E-state index contributed by atoms with van der Waals surface area (Å²) in [4.78, 5) is 22.7. The van der Waals surface area contributed by atoms with Crippen molar-refractivity contribution in [2.45, 2.75) is 32.4 Å². The van der Waals surface area contributed by atoms with E-state index in [9.17, 15) is 4.79 Å². The maximum absolute atomic E-state index is 12.0. The molecule has 7 nitrogen and oxygen atoms in total. The molecule has 1 aromatic heterocycles. The van der Waals surface area contributed by atoms with Crippen LogP contribution in [0.1, 0.15) is 20.8 Å². The number of rotatable bonds is 2. The second kappa shape index (κ2) is 6.47. The minimum atomic E-state index is -0.430. The Balaban J connectivity index is 1.44. The molecule has 0 saturated carbocycles. The van der Waals surface area contributed by atoms with Crippen LogP contribution in [-0.4, -0.2) is 71.8 Å². The Morgan fingerprint density at radius 1 is 1.21 bits per heavy atom. The predicted octanol–water partition coefficient (Wildman–Crippen LogP) is 1.41. The summed E-state index contributed by atoms with van der Waals surface area (Å²) in [6.45, 7) is 11.1. The van der Waals surface area contributed by atoms with Crippen molar-refractivity contribution in [2.75, 3.05) is 49.9 Å². The SMILES string of the molecule is CC(C)(C)OC(=O)N1CC(N2CCN(c3ccc(N)nc3)CC2)C1. The van der Waals surface area contributed by atoms with E-state index in [1.54, 1.807) is 4.90 Å². The average Bonchev–Trinajstić information content (AvgIpc) is 2.45. The zero-order valence-corrected chi connectivity index (χ0v) is 14.7. The molecule has 2 aliphatic rings. The highest BCUT2D eigenvalue weighted by molar-refractivity contribution is 5.69. The molecule has 2 fully saturated rings. The predicted molar refractivity (Wildman–Crippen MR) is 94.0 cm³/mol. The van der Waals surface area contributed by atoms with Gasteiger partial charge in [0.2, 0.25) is 0 Å². The zero-order chi connectivity index (χ0) is 17.3. The van der Waals surface area contributed by atoms with Gasteiger partial charge in [0.05, 0.1) is 11.9 Å². The van der Waals surface area contributed by atoms with Crippen LogP contribution < -0.4 is 10.6 Å². The third kappa shape index (κ3) is 3.90. The second-order valence-corrected chi connectivity index (χ2v) is 7.50. The molecule has 1 amide bonds. The number of likely N-dealkylation sites (tertiary alicyclic amines) is 1. The Hall–Kier alpha value is -2.02. The molecule has 1 aromatic rings. The van der Waals surface area contributed by atoms with Crippen LogP contribution >= 0.6 is 0 Å². The summed E-state index contributed by atoms with van der Waals surface area (Å²) >= 11 is 0. The molecule has 24 heavy (non-hydrogen) atoms. The third-order valence-electron chi connectivity index (χ3n) is 4.48. The van der Waals surface area contributed by atoms with Gasteiger partial charge in [0.25, 0.3) is 0 Å². The molecular formula is C17H27N5O2. The van der Waals surface area contributed by atoms with E-state index in [2.05, 4.69) is 14.8 Å². The van der Waals surface area contributed by atoms with Crippen molar-refractivity contribution in [3.8, 4) is 0 Å². The fourth-order valence-corrected chi connectivity index (χ4v) is 3.09. The number of carbonyl (C=O) groups excluding carboxylic acids is 1. The highest BCUT2D eigenvalue weighted by Crippen LogP contribution is 2.22. The molecule has 2 aliphatic heterocycles. The van der Waals surface area contributed by atoms with Crippen molar-refractivity contribution in [1.29, 1.82) is 0 Å². The van der Waals surface area contributed by atoms with Gasteiger partial charge in [-0.3, -0.25) is 4.90 Å². The second-order valence-electron chi connectivity index (χ2n) is 7.50.